The molecule has 0 bridgehead atoms. The Labute approximate surface area is 416 Å². The van der Waals surface area contributed by atoms with Gasteiger partial charge in [-0.25, -0.2) is 15.0 Å². The third-order valence-corrected chi connectivity index (χ3v) is 19.0. The first-order valence-electron chi connectivity index (χ1n) is 24.7. The number of fused-ring (bicyclic) bond motifs is 6. The molecule has 6 heteroatoms. The van der Waals surface area contributed by atoms with E-state index in [0.717, 1.165) is 50.7 Å². The van der Waals surface area contributed by atoms with Gasteiger partial charge in [-0.3, -0.25) is 0 Å². The van der Waals surface area contributed by atoms with E-state index >= 15 is 0 Å². The number of hydrogen-bond acceptors (Lipinski definition) is 3. The number of aromatic nitrogens is 5. The molecule has 71 heavy (non-hydrogen) atoms. The predicted molar refractivity (Wildman–Crippen MR) is 300 cm³/mol. The summed E-state index contributed by atoms with van der Waals surface area (Å²) >= 11 is 0. The summed E-state index contributed by atoms with van der Waals surface area (Å²) in [5.74, 6) is 2.21. The molecule has 0 aliphatic rings. The molecule has 0 radical (unpaired) electrons. The highest BCUT2D eigenvalue weighted by Gasteiger charge is 2.41. The lowest BCUT2D eigenvalue weighted by Gasteiger charge is -2.34. The van der Waals surface area contributed by atoms with Crippen LogP contribution in [0.5, 0.6) is 0 Å². The van der Waals surface area contributed by atoms with Crippen molar-refractivity contribution in [3.8, 4) is 33.9 Å². The van der Waals surface area contributed by atoms with Crippen molar-refractivity contribution in [1.82, 2.24) is 24.1 Å². The Morgan fingerprint density at radius 1 is 0.338 bits per heavy atom. The first kappa shape index (κ1) is 44.0. The van der Waals surface area contributed by atoms with Gasteiger partial charge in [0.2, 0.25) is 0 Å². The summed E-state index contributed by atoms with van der Waals surface area (Å²) in [6, 6.07) is 82.8. The van der Waals surface area contributed by atoms with E-state index < -0.39 is 8.07 Å². The average Bonchev–Trinajstić information content (AvgIpc) is 3.92. The number of hydrogen-bond donors (Lipinski definition) is 0. The van der Waals surface area contributed by atoms with Crippen LogP contribution in [0.15, 0.2) is 224 Å². The summed E-state index contributed by atoms with van der Waals surface area (Å²) in [4.78, 5) is 16.0. The minimum Gasteiger partial charge on any atom is -0.309 e. The Bertz CT molecular complexity index is 3770. The largest absolute Gasteiger partial charge is 0.309 e. The SMILES string of the molecule is CC(C)(C)c1nc(-c2cc(-c3cccc([Si](c4ccccc4)(c4ccccc4)c4ccccc4)c3)ccc2-n2c3ccccc3c3cc(-n4c5ccccc5c5ccccc54)ccc32)nc(C(C)(C)C)n1. The van der Waals surface area contributed by atoms with Gasteiger partial charge in [0.25, 0.3) is 0 Å². The molecule has 0 spiro atoms. The third kappa shape index (κ3) is 7.40. The Balaban J connectivity index is 1.11. The smallest absolute Gasteiger partial charge is 0.179 e. The zero-order valence-electron chi connectivity index (χ0n) is 41.1. The lowest BCUT2D eigenvalue weighted by Crippen LogP contribution is -2.74. The summed E-state index contributed by atoms with van der Waals surface area (Å²) in [5.41, 5.74) is 9.26. The monoisotopic (exact) mass is 933 g/mol. The zero-order valence-corrected chi connectivity index (χ0v) is 42.1. The van der Waals surface area contributed by atoms with Gasteiger partial charge >= 0.3 is 0 Å². The molecule has 0 aliphatic carbocycles. The number of nitrogens with zero attached hydrogens (tertiary/aromatic N) is 5. The summed E-state index contributed by atoms with van der Waals surface area (Å²) in [7, 11) is -2.81. The molecular formula is C65H55N5Si. The lowest BCUT2D eigenvalue weighted by atomic mass is 9.92. The van der Waals surface area contributed by atoms with Gasteiger partial charge in [-0.2, -0.15) is 0 Å². The average molecular weight is 934 g/mol. The maximum Gasteiger partial charge on any atom is 0.179 e. The summed E-state index contributed by atoms with van der Waals surface area (Å²) in [6.07, 6.45) is 0. The number of para-hydroxylation sites is 3. The van der Waals surface area contributed by atoms with Crippen LogP contribution in [0, 0.1) is 0 Å². The van der Waals surface area contributed by atoms with Crippen molar-refractivity contribution in [2.75, 3.05) is 0 Å². The van der Waals surface area contributed by atoms with E-state index in [2.05, 4.69) is 275 Å². The Morgan fingerprint density at radius 3 is 1.30 bits per heavy atom. The predicted octanol–water partition coefficient (Wildman–Crippen LogP) is 13.4. The maximum atomic E-state index is 5.40. The van der Waals surface area contributed by atoms with E-state index in [0.29, 0.717) is 5.82 Å². The number of rotatable bonds is 8. The minimum atomic E-state index is -2.81. The Kier molecular flexibility index (Phi) is 10.6. The highest BCUT2D eigenvalue weighted by Crippen LogP contribution is 2.40. The molecule has 0 fully saturated rings. The first-order valence-corrected chi connectivity index (χ1v) is 26.7. The molecule has 9 aromatic carbocycles. The van der Waals surface area contributed by atoms with Crippen LogP contribution in [0.1, 0.15) is 53.2 Å². The van der Waals surface area contributed by atoms with Crippen molar-refractivity contribution >= 4 is 72.4 Å². The maximum absolute atomic E-state index is 5.40. The molecule has 3 heterocycles. The third-order valence-electron chi connectivity index (χ3n) is 14.2. The molecule has 0 saturated heterocycles. The molecule has 3 aromatic heterocycles. The molecule has 0 amide bonds. The van der Waals surface area contributed by atoms with E-state index in [1.165, 1.54) is 53.3 Å². The molecule has 0 saturated carbocycles. The van der Waals surface area contributed by atoms with Crippen LogP contribution in [0.25, 0.3) is 77.5 Å². The molecule has 0 unspecified atom stereocenters. The minimum absolute atomic E-state index is 0.319. The second-order valence-electron chi connectivity index (χ2n) is 20.9. The van der Waals surface area contributed by atoms with Gasteiger partial charge in [0.05, 0.1) is 27.8 Å². The molecular weight excluding hydrogens is 879 g/mol. The molecule has 0 atom stereocenters. The van der Waals surface area contributed by atoms with Gasteiger partial charge in [-0.15, -0.1) is 0 Å². The van der Waals surface area contributed by atoms with Crippen LogP contribution in [-0.4, -0.2) is 32.2 Å². The fourth-order valence-corrected chi connectivity index (χ4v) is 15.6. The van der Waals surface area contributed by atoms with Crippen LogP contribution in [0.3, 0.4) is 0 Å². The normalized spacial score (nSPS) is 12.4. The summed E-state index contributed by atoms with van der Waals surface area (Å²) in [5, 5.41) is 10.2. The van der Waals surface area contributed by atoms with Gasteiger partial charge in [-0.05, 0) is 80.4 Å². The molecule has 12 aromatic rings. The summed E-state index contributed by atoms with van der Waals surface area (Å²) < 4.78 is 4.83. The van der Waals surface area contributed by atoms with Gasteiger partial charge < -0.3 is 9.13 Å². The van der Waals surface area contributed by atoms with Crippen molar-refractivity contribution in [2.45, 2.75) is 52.4 Å². The van der Waals surface area contributed by atoms with Gasteiger partial charge in [-0.1, -0.05) is 217 Å². The molecule has 0 N–H and O–H groups in total. The van der Waals surface area contributed by atoms with E-state index in [4.69, 9.17) is 15.0 Å². The summed E-state index contributed by atoms with van der Waals surface area (Å²) in [6.45, 7) is 13.1. The Morgan fingerprint density at radius 2 is 0.775 bits per heavy atom. The van der Waals surface area contributed by atoms with Crippen LogP contribution < -0.4 is 20.7 Å². The quantitative estimate of drug-likeness (QED) is 0.113. The van der Waals surface area contributed by atoms with Gasteiger partial charge in [0, 0.05) is 43.6 Å². The Hall–Kier alpha value is -8.19. The van der Waals surface area contributed by atoms with Crippen molar-refractivity contribution in [3.05, 3.63) is 236 Å². The van der Waals surface area contributed by atoms with Crippen LogP contribution >= 0.6 is 0 Å². The highest BCUT2D eigenvalue weighted by atomic mass is 28.3. The first-order chi connectivity index (χ1) is 34.5. The number of benzene rings is 9. The molecule has 344 valence electrons. The second kappa shape index (κ2) is 17.0. The van der Waals surface area contributed by atoms with E-state index in [1.807, 2.05) is 0 Å². The standard InChI is InChI=1S/C65H55N5Si/c1-64(2,3)62-66-61(67-63(68-62)65(4,5)6)55-42-45(44-23-22-30-50(41-44)71(47-24-10-7-11-25-47,48-26-12-8-13-27-48)49-28-14-9-15-29-49)37-39-60(55)70-58-36-21-18-33-53(58)54-43-46(38-40-59(54)70)69-56-34-19-16-31-51(56)52-32-17-20-35-57(52)69/h7-43H,1-6H3. The molecule has 5 nitrogen and oxygen atoms in total. The topological polar surface area (TPSA) is 48.5 Å². The van der Waals surface area contributed by atoms with Gasteiger partial charge in [0.15, 0.2) is 13.9 Å². The van der Waals surface area contributed by atoms with E-state index in [1.54, 1.807) is 0 Å². The molecule has 12 rings (SSSR count). The van der Waals surface area contributed by atoms with Crippen molar-refractivity contribution in [2.24, 2.45) is 0 Å². The fraction of sp³-hybridized carbons (Fsp3) is 0.123. The van der Waals surface area contributed by atoms with Crippen molar-refractivity contribution < 1.29 is 0 Å². The van der Waals surface area contributed by atoms with E-state index in [9.17, 15) is 0 Å². The fourth-order valence-electron chi connectivity index (χ4n) is 10.8. The van der Waals surface area contributed by atoms with Crippen LogP contribution in [0.4, 0.5) is 0 Å². The highest BCUT2D eigenvalue weighted by molar-refractivity contribution is 7.19. The van der Waals surface area contributed by atoms with Crippen LogP contribution in [-0.2, 0) is 10.8 Å². The van der Waals surface area contributed by atoms with Crippen LogP contribution in [0.2, 0.25) is 0 Å². The lowest BCUT2D eigenvalue weighted by molar-refractivity contribution is 0.497. The zero-order chi connectivity index (χ0) is 48.5. The van der Waals surface area contributed by atoms with Gasteiger partial charge in [0.1, 0.15) is 11.6 Å². The second-order valence-corrected chi connectivity index (χ2v) is 24.7. The van der Waals surface area contributed by atoms with E-state index in [-0.39, 0.29) is 10.8 Å². The molecule has 0 aliphatic heterocycles. The van der Waals surface area contributed by atoms with Crippen molar-refractivity contribution in [1.29, 1.82) is 0 Å². The van der Waals surface area contributed by atoms with Crippen molar-refractivity contribution in [3.63, 3.8) is 0 Å².